The molecule has 4 rings (SSSR count). The quantitative estimate of drug-likeness (QED) is 0.824. The first-order valence-corrected chi connectivity index (χ1v) is 8.84. The minimum absolute atomic E-state index is 0.173. The number of nitrogens with one attached hydrogen (secondary N) is 1. The third-order valence-electron chi connectivity index (χ3n) is 5.46. The van der Waals surface area contributed by atoms with Crippen molar-refractivity contribution >= 4 is 22.8 Å². The SMILES string of the molecule is CCOC(=O)c1oc2cnc(NC3CC4CCC(C3)N4C)cc2c1O. The van der Waals surface area contributed by atoms with Gasteiger partial charge in [-0.3, -0.25) is 0 Å². The van der Waals surface area contributed by atoms with Crippen molar-refractivity contribution in [2.24, 2.45) is 0 Å². The molecule has 2 aliphatic heterocycles. The normalized spacial score (nSPS) is 26.1. The average molecular weight is 345 g/mol. The molecule has 2 atom stereocenters. The average Bonchev–Trinajstić information content (AvgIpc) is 3.00. The van der Waals surface area contributed by atoms with Crippen molar-refractivity contribution in [3.05, 3.63) is 18.0 Å². The maximum atomic E-state index is 11.8. The number of furan rings is 1. The van der Waals surface area contributed by atoms with Gasteiger partial charge in [-0.2, -0.15) is 0 Å². The first-order valence-electron chi connectivity index (χ1n) is 8.84. The van der Waals surface area contributed by atoms with Crippen LogP contribution in [0.3, 0.4) is 0 Å². The Labute approximate surface area is 146 Å². The van der Waals surface area contributed by atoms with Crippen LogP contribution in [0.4, 0.5) is 5.82 Å². The molecule has 0 saturated carbocycles. The molecule has 2 aliphatic rings. The standard InChI is InChI=1S/C18H23N3O4/c1-3-24-18(23)17-16(22)13-8-15(19-9-14(13)25-17)20-10-6-11-4-5-12(7-10)21(11)2/h8-12,22H,3-7H2,1-2H3,(H,19,20). The van der Waals surface area contributed by atoms with Crippen LogP contribution < -0.4 is 5.32 Å². The molecular weight excluding hydrogens is 322 g/mol. The number of nitrogens with zero attached hydrogens (tertiary/aromatic N) is 2. The topological polar surface area (TPSA) is 87.8 Å². The highest BCUT2D eigenvalue weighted by Gasteiger charge is 2.38. The van der Waals surface area contributed by atoms with Crippen molar-refractivity contribution in [2.75, 3.05) is 19.0 Å². The Morgan fingerprint density at radius 1 is 1.44 bits per heavy atom. The van der Waals surface area contributed by atoms with Crippen LogP contribution in [-0.4, -0.2) is 52.7 Å². The number of rotatable bonds is 4. The first kappa shape index (κ1) is 16.2. The Kier molecular flexibility index (Phi) is 4.03. The van der Waals surface area contributed by atoms with E-state index < -0.39 is 5.97 Å². The molecule has 4 heterocycles. The van der Waals surface area contributed by atoms with E-state index in [1.165, 1.54) is 19.0 Å². The van der Waals surface area contributed by atoms with Gasteiger partial charge in [0.15, 0.2) is 11.3 Å². The molecule has 2 unspecified atom stereocenters. The van der Waals surface area contributed by atoms with E-state index in [1.54, 1.807) is 13.0 Å². The maximum Gasteiger partial charge on any atom is 0.378 e. The molecule has 0 amide bonds. The Balaban J connectivity index is 1.55. The van der Waals surface area contributed by atoms with Crippen molar-refractivity contribution in [1.29, 1.82) is 0 Å². The smallest absolute Gasteiger partial charge is 0.378 e. The number of fused-ring (bicyclic) bond motifs is 3. The van der Waals surface area contributed by atoms with E-state index in [9.17, 15) is 9.90 Å². The van der Waals surface area contributed by atoms with Crippen molar-refractivity contribution in [1.82, 2.24) is 9.88 Å². The van der Waals surface area contributed by atoms with Crippen molar-refractivity contribution in [3.63, 3.8) is 0 Å². The fraction of sp³-hybridized carbons (Fsp3) is 0.556. The van der Waals surface area contributed by atoms with Gasteiger partial charge in [-0.05, 0) is 45.7 Å². The summed E-state index contributed by atoms with van der Waals surface area (Å²) in [6, 6.07) is 3.38. The summed E-state index contributed by atoms with van der Waals surface area (Å²) >= 11 is 0. The Morgan fingerprint density at radius 2 is 2.16 bits per heavy atom. The number of ether oxygens (including phenoxy) is 1. The van der Waals surface area contributed by atoms with Gasteiger partial charge < -0.3 is 24.5 Å². The van der Waals surface area contributed by atoms with Gasteiger partial charge in [0.25, 0.3) is 5.76 Å². The number of aromatic hydroxyl groups is 1. The van der Waals surface area contributed by atoms with Crippen LogP contribution in [0.1, 0.15) is 43.2 Å². The summed E-state index contributed by atoms with van der Waals surface area (Å²) in [6.45, 7) is 1.93. The predicted molar refractivity (Wildman–Crippen MR) is 92.8 cm³/mol. The number of carbonyl (C=O) groups is 1. The van der Waals surface area contributed by atoms with Gasteiger partial charge >= 0.3 is 5.97 Å². The van der Waals surface area contributed by atoms with Crippen molar-refractivity contribution < 1.29 is 19.1 Å². The van der Waals surface area contributed by atoms with Crippen LogP contribution in [0.5, 0.6) is 5.75 Å². The van der Waals surface area contributed by atoms with E-state index in [0.29, 0.717) is 34.9 Å². The number of anilines is 1. The van der Waals surface area contributed by atoms with Crippen LogP contribution >= 0.6 is 0 Å². The molecule has 0 radical (unpaired) electrons. The molecular formula is C18H23N3O4. The fourth-order valence-corrected chi connectivity index (χ4v) is 4.14. The molecule has 25 heavy (non-hydrogen) atoms. The lowest BCUT2D eigenvalue weighted by Gasteiger charge is -2.36. The molecule has 2 N–H and O–H groups in total. The summed E-state index contributed by atoms with van der Waals surface area (Å²) in [5, 5.41) is 14.2. The highest BCUT2D eigenvalue weighted by atomic mass is 16.5. The maximum absolute atomic E-state index is 11.8. The molecule has 134 valence electrons. The van der Waals surface area contributed by atoms with Crippen LogP contribution in [0.25, 0.3) is 11.0 Å². The van der Waals surface area contributed by atoms with Gasteiger partial charge in [-0.1, -0.05) is 0 Å². The minimum atomic E-state index is -0.669. The minimum Gasteiger partial charge on any atom is -0.504 e. The largest absolute Gasteiger partial charge is 0.504 e. The van der Waals surface area contributed by atoms with E-state index in [1.807, 2.05) is 0 Å². The number of carbonyl (C=O) groups excluding carboxylic acids is 1. The second kappa shape index (κ2) is 6.22. The van der Waals surface area contributed by atoms with Crippen LogP contribution in [0.15, 0.2) is 16.7 Å². The van der Waals surface area contributed by atoms with Gasteiger partial charge in [0, 0.05) is 18.1 Å². The number of aromatic nitrogens is 1. The van der Waals surface area contributed by atoms with Crippen molar-refractivity contribution in [3.8, 4) is 5.75 Å². The number of hydrogen-bond donors (Lipinski definition) is 2. The lowest BCUT2D eigenvalue weighted by atomic mass is 9.98. The number of hydrogen-bond acceptors (Lipinski definition) is 7. The van der Waals surface area contributed by atoms with Gasteiger partial charge in [-0.25, -0.2) is 9.78 Å². The molecule has 2 aromatic rings. The fourth-order valence-electron chi connectivity index (χ4n) is 4.14. The highest BCUT2D eigenvalue weighted by Crippen LogP contribution is 2.37. The summed E-state index contributed by atoms with van der Waals surface area (Å²) in [7, 11) is 2.21. The third-order valence-corrected chi connectivity index (χ3v) is 5.46. The van der Waals surface area contributed by atoms with E-state index in [-0.39, 0.29) is 18.1 Å². The lowest BCUT2D eigenvalue weighted by molar-refractivity contribution is 0.0488. The molecule has 2 saturated heterocycles. The summed E-state index contributed by atoms with van der Waals surface area (Å²) in [4.78, 5) is 18.7. The van der Waals surface area contributed by atoms with Gasteiger partial charge in [0.2, 0.25) is 0 Å². The Morgan fingerprint density at radius 3 is 2.84 bits per heavy atom. The Hall–Kier alpha value is -2.28. The van der Waals surface area contributed by atoms with Crippen LogP contribution in [0.2, 0.25) is 0 Å². The molecule has 7 heteroatoms. The van der Waals surface area contributed by atoms with Crippen LogP contribution in [0, 0.1) is 0 Å². The number of piperidine rings is 1. The van der Waals surface area contributed by atoms with Crippen molar-refractivity contribution in [2.45, 2.75) is 50.7 Å². The first-order chi connectivity index (χ1) is 12.1. The third kappa shape index (κ3) is 2.82. The van der Waals surface area contributed by atoms with Gasteiger partial charge in [0.05, 0.1) is 18.2 Å². The zero-order chi connectivity index (χ0) is 17.6. The summed E-state index contributed by atoms with van der Waals surface area (Å²) < 4.78 is 10.3. The summed E-state index contributed by atoms with van der Waals surface area (Å²) in [6.07, 6.45) is 6.24. The predicted octanol–water partition coefficient (Wildman–Crippen LogP) is 2.75. The molecule has 0 aromatic carbocycles. The van der Waals surface area contributed by atoms with E-state index in [4.69, 9.17) is 9.15 Å². The van der Waals surface area contributed by atoms with Gasteiger partial charge in [-0.15, -0.1) is 0 Å². The molecule has 0 spiro atoms. The second-order valence-corrected chi connectivity index (χ2v) is 6.93. The van der Waals surface area contributed by atoms with Gasteiger partial charge in [0.1, 0.15) is 5.82 Å². The zero-order valence-corrected chi connectivity index (χ0v) is 14.5. The van der Waals surface area contributed by atoms with E-state index in [0.717, 1.165) is 12.8 Å². The number of esters is 1. The Bertz CT molecular complexity index is 789. The molecule has 2 bridgehead atoms. The zero-order valence-electron chi connectivity index (χ0n) is 14.5. The monoisotopic (exact) mass is 345 g/mol. The van der Waals surface area contributed by atoms with E-state index >= 15 is 0 Å². The second-order valence-electron chi connectivity index (χ2n) is 6.93. The van der Waals surface area contributed by atoms with Crippen LogP contribution in [-0.2, 0) is 4.74 Å². The molecule has 2 fully saturated rings. The highest BCUT2D eigenvalue weighted by molar-refractivity contribution is 5.98. The number of pyridine rings is 1. The lowest BCUT2D eigenvalue weighted by Crippen LogP contribution is -2.44. The summed E-state index contributed by atoms with van der Waals surface area (Å²) in [5.74, 6) is -0.346. The molecule has 7 nitrogen and oxygen atoms in total. The summed E-state index contributed by atoms with van der Waals surface area (Å²) in [5.41, 5.74) is 0.370. The van der Waals surface area contributed by atoms with E-state index in [2.05, 4.69) is 22.2 Å². The molecule has 0 aliphatic carbocycles. The molecule has 2 aromatic heterocycles.